The van der Waals surface area contributed by atoms with E-state index in [0.29, 0.717) is 19.4 Å². The SMILES string of the molecule is NCCCCCC(=O)NC1CCCCC1C(=O)O. The van der Waals surface area contributed by atoms with E-state index in [1.807, 2.05) is 0 Å². The minimum atomic E-state index is -0.789. The second kappa shape index (κ2) is 8.08. The highest BCUT2D eigenvalue weighted by molar-refractivity contribution is 5.78. The molecule has 104 valence electrons. The summed E-state index contributed by atoms with van der Waals surface area (Å²) < 4.78 is 0. The maximum Gasteiger partial charge on any atom is 0.308 e. The predicted molar refractivity (Wildman–Crippen MR) is 69.0 cm³/mol. The zero-order chi connectivity index (χ0) is 13.4. The van der Waals surface area contributed by atoms with Gasteiger partial charge < -0.3 is 16.2 Å². The van der Waals surface area contributed by atoms with Gasteiger partial charge in [-0.1, -0.05) is 19.3 Å². The molecule has 0 aromatic carbocycles. The molecule has 0 aliphatic heterocycles. The maximum absolute atomic E-state index is 11.7. The van der Waals surface area contributed by atoms with Crippen LogP contribution in [0.5, 0.6) is 0 Å². The summed E-state index contributed by atoms with van der Waals surface area (Å²) >= 11 is 0. The largest absolute Gasteiger partial charge is 0.481 e. The van der Waals surface area contributed by atoms with Gasteiger partial charge in [-0.15, -0.1) is 0 Å². The molecule has 1 saturated carbocycles. The number of nitrogens with one attached hydrogen (secondary N) is 1. The van der Waals surface area contributed by atoms with Crippen molar-refractivity contribution in [1.82, 2.24) is 5.32 Å². The van der Waals surface area contributed by atoms with Crippen molar-refractivity contribution in [2.45, 2.75) is 57.4 Å². The van der Waals surface area contributed by atoms with Crippen molar-refractivity contribution >= 4 is 11.9 Å². The molecule has 5 nitrogen and oxygen atoms in total. The van der Waals surface area contributed by atoms with Crippen LogP contribution in [0, 0.1) is 5.92 Å². The van der Waals surface area contributed by atoms with Crippen LogP contribution in [0.15, 0.2) is 0 Å². The van der Waals surface area contributed by atoms with Gasteiger partial charge in [0.15, 0.2) is 0 Å². The standard InChI is InChI=1S/C13H24N2O3/c14-9-5-1-2-8-12(16)15-11-7-4-3-6-10(11)13(17)18/h10-11H,1-9,14H2,(H,15,16)(H,17,18). The van der Waals surface area contributed by atoms with E-state index in [1.54, 1.807) is 0 Å². The Kier molecular flexibility index (Phi) is 6.72. The van der Waals surface area contributed by atoms with Crippen LogP contribution in [0.25, 0.3) is 0 Å². The van der Waals surface area contributed by atoms with E-state index in [1.165, 1.54) is 0 Å². The lowest BCUT2D eigenvalue weighted by Gasteiger charge is -2.29. The zero-order valence-corrected chi connectivity index (χ0v) is 10.9. The normalized spacial score (nSPS) is 23.6. The summed E-state index contributed by atoms with van der Waals surface area (Å²) in [5, 5.41) is 12.0. The number of carboxylic acid groups (broad SMARTS) is 1. The van der Waals surface area contributed by atoms with Gasteiger partial charge in [0, 0.05) is 12.5 Å². The van der Waals surface area contributed by atoms with Gasteiger partial charge in [0.05, 0.1) is 5.92 Å². The molecule has 4 N–H and O–H groups in total. The van der Waals surface area contributed by atoms with Crippen molar-refractivity contribution < 1.29 is 14.7 Å². The number of nitrogens with two attached hydrogens (primary N) is 1. The lowest BCUT2D eigenvalue weighted by molar-refractivity contribution is -0.144. The summed E-state index contributed by atoms with van der Waals surface area (Å²) in [4.78, 5) is 22.8. The number of carboxylic acids is 1. The van der Waals surface area contributed by atoms with E-state index in [0.717, 1.165) is 38.5 Å². The van der Waals surface area contributed by atoms with Crippen molar-refractivity contribution in [2.75, 3.05) is 6.54 Å². The van der Waals surface area contributed by atoms with Crippen LogP contribution in [0.2, 0.25) is 0 Å². The molecule has 1 amide bonds. The average molecular weight is 256 g/mol. The van der Waals surface area contributed by atoms with Gasteiger partial charge in [0.1, 0.15) is 0 Å². The third kappa shape index (κ3) is 5.04. The van der Waals surface area contributed by atoms with E-state index in [4.69, 9.17) is 10.8 Å². The van der Waals surface area contributed by atoms with Crippen molar-refractivity contribution in [3.8, 4) is 0 Å². The second-order valence-corrected chi connectivity index (χ2v) is 5.00. The lowest BCUT2D eigenvalue weighted by Crippen LogP contribution is -2.45. The highest BCUT2D eigenvalue weighted by Crippen LogP contribution is 2.24. The third-order valence-corrected chi connectivity index (χ3v) is 3.54. The fourth-order valence-electron chi connectivity index (χ4n) is 2.48. The van der Waals surface area contributed by atoms with E-state index >= 15 is 0 Å². The first-order valence-corrected chi connectivity index (χ1v) is 6.87. The molecule has 0 saturated heterocycles. The highest BCUT2D eigenvalue weighted by Gasteiger charge is 2.31. The van der Waals surface area contributed by atoms with Crippen LogP contribution in [0.3, 0.4) is 0 Å². The molecule has 2 unspecified atom stereocenters. The number of unbranched alkanes of at least 4 members (excludes halogenated alkanes) is 2. The molecule has 1 fully saturated rings. The molecular weight excluding hydrogens is 232 g/mol. The zero-order valence-electron chi connectivity index (χ0n) is 10.9. The Bertz CT molecular complexity index is 281. The number of rotatable bonds is 7. The van der Waals surface area contributed by atoms with Gasteiger partial charge in [-0.2, -0.15) is 0 Å². The molecule has 0 heterocycles. The number of aliphatic carboxylic acids is 1. The first-order valence-electron chi connectivity index (χ1n) is 6.87. The van der Waals surface area contributed by atoms with Crippen LogP contribution in [0.4, 0.5) is 0 Å². The summed E-state index contributed by atoms with van der Waals surface area (Å²) in [5.41, 5.74) is 5.38. The molecule has 1 aliphatic carbocycles. The molecule has 1 aliphatic rings. The van der Waals surface area contributed by atoms with Gasteiger partial charge in [-0.25, -0.2) is 0 Å². The highest BCUT2D eigenvalue weighted by atomic mass is 16.4. The molecule has 0 aromatic rings. The first-order chi connectivity index (χ1) is 8.65. The third-order valence-electron chi connectivity index (χ3n) is 3.54. The number of carbonyl (C=O) groups is 2. The maximum atomic E-state index is 11.7. The Balaban J connectivity index is 2.30. The molecule has 0 spiro atoms. The molecule has 2 atom stereocenters. The van der Waals surface area contributed by atoms with Crippen molar-refractivity contribution in [2.24, 2.45) is 11.7 Å². The molecular formula is C13H24N2O3. The van der Waals surface area contributed by atoms with E-state index in [-0.39, 0.29) is 11.9 Å². The Labute approximate surface area is 108 Å². The average Bonchev–Trinajstić information content (AvgIpc) is 2.35. The minimum absolute atomic E-state index is 0.0230. The van der Waals surface area contributed by atoms with Gasteiger partial charge in [-0.05, 0) is 32.2 Å². The predicted octanol–water partition coefficient (Wildman–Crippen LogP) is 1.27. The summed E-state index contributed by atoms with van der Waals surface area (Å²) in [6.07, 6.45) is 6.60. The van der Waals surface area contributed by atoms with Crippen molar-refractivity contribution in [3.63, 3.8) is 0 Å². The van der Waals surface area contributed by atoms with Crippen LogP contribution >= 0.6 is 0 Å². The van der Waals surface area contributed by atoms with E-state index < -0.39 is 11.9 Å². The Morgan fingerprint density at radius 1 is 1.17 bits per heavy atom. The molecule has 0 aromatic heterocycles. The Hall–Kier alpha value is -1.10. The summed E-state index contributed by atoms with van der Waals surface area (Å²) in [6.45, 7) is 0.658. The topological polar surface area (TPSA) is 92.4 Å². The lowest BCUT2D eigenvalue weighted by atomic mass is 9.84. The second-order valence-electron chi connectivity index (χ2n) is 5.00. The molecule has 5 heteroatoms. The minimum Gasteiger partial charge on any atom is -0.481 e. The molecule has 18 heavy (non-hydrogen) atoms. The van der Waals surface area contributed by atoms with Crippen molar-refractivity contribution in [1.29, 1.82) is 0 Å². The van der Waals surface area contributed by atoms with Crippen molar-refractivity contribution in [3.05, 3.63) is 0 Å². The molecule has 1 rings (SSSR count). The summed E-state index contributed by atoms with van der Waals surface area (Å²) in [6, 6.07) is -0.182. The van der Waals surface area contributed by atoms with Crippen LogP contribution in [-0.2, 0) is 9.59 Å². The van der Waals surface area contributed by atoms with Crippen LogP contribution in [0.1, 0.15) is 51.4 Å². The Morgan fingerprint density at radius 2 is 1.89 bits per heavy atom. The first kappa shape index (κ1) is 15.0. The summed E-state index contributed by atoms with van der Waals surface area (Å²) in [5.74, 6) is -1.22. The fourth-order valence-corrected chi connectivity index (χ4v) is 2.48. The number of hydrogen-bond donors (Lipinski definition) is 3. The smallest absolute Gasteiger partial charge is 0.308 e. The van der Waals surface area contributed by atoms with Crippen LogP contribution in [-0.4, -0.2) is 29.6 Å². The van der Waals surface area contributed by atoms with E-state index in [2.05, 4.69) is 5.32 Å². The summed E-state index contributed by atoms with van der Waals surface area (Å²) in [7, 11) is 0. The van der Waals surface area contributed by atoms with E-state index in [9.17, 15) is 9.59 Å². The Morgan fingerprint density at radius 3 is 2.56 bits per heavy atom. The van der Waals surface area contributed by atoms with Gasteiger partial charge in [0.2, 0.25) is 5.91 Å². The number of carbonyl (C=O) groups excluding carboxylic acids is 1. The number of hydrogen-bond acceptors (Lipinski definition) is 3. The van der Waals surface area contributed by atoms with Gasteiger partial charge >= 0.3 is 5.97 Å². The van der Waals surface area contributed by atoms with Crippen LogP contribution < -0.4 is 11.1 Å². The molecule has 0 radical (unpaired) electrons. The molecule has 0 bridgehead atoms. The van der Waals surface area contributed by atoms with Gasteiger partial charge in [-0.3, -0.25) is 9.59 Å². The number of amides is 1. The quantitative estimate of drug-likeness (QED) is 0.598. The fraction of sp³-hybridized carbons (Fsp3) is 0.846. The van der Waals surface area contributed by atoms with Gasteiger partial charge in [0.25, 0.3) is 0 Å². The monoisotopic (exact) mass is 256 g/mol.